The lowest BCUT2D eigenvalue weighted by atomic mass is 10.1. The van der Waals surface area contributed by atoms with Gasteiger partial charge in [-0.3, -0.25) is 9.59 Å². The first-order chi connectivity index (χ1) is 11.7. The molecule has 5 nitrogen and oxygen atoms in total. The van der Waals surface area contributed by atoms with E-state index in [2.05, 4.69) is 15.5 Å². The number of carbonyl (C=O) groups excluding carboxylic acids is 2. The summed E-state index contributed by atoms with van der Waals surface area (Å²) in [5.41, 5.74) is 2.42. The molecule has 128 valence electrons. The van der Waals surface area contributed by atoms with Crippen LogP contribution in [0.1, 0.15) is 55.3 Å². The molecular formula is C19H25N3O2. The topological polar surface area (TPSA) is 61.4 Å². The van der Waals surface area contributed by atoms with Crippen LogP contribution in [0, 0.1) is 5.92 Å². The number of hydrogen-bond acceptors (Lipinski definition) is 3. The largest absolute Gasteiger partial charge is 0.371 e. The molecule has 0 radical (unpaired) electrons. The molecule has 0 atom stereocenters. The molecule has 24 heavy (non-hydrogen) atoms. The van der Waals surface area contributed by atoms with E-state index < -0.39 is 0 Å². The number of carbonyl (C=O) groups is 2. The van der Waals surface area contributed by atoms with Crippen LogP contribution in [0.2, 0.25) is 0 Å². The number of nitrogens with zero attached hydrogens (tertiary/aromatic N) is 1. The van der Waals surface area contributed by atoms with Crippen molar-refractivity contribution in [2.75, 3.05) is 23.3 Å². The number of hydrogen-bond donors (Lipinski definition) is 2. The van der Waals surface area contributed by atoms with Gasteiger partial charge in [-0.25, -0.2) is 0 Å². The minimum atomic E-state index is -0.0133. The Morgan fingerprint density at radius 2 is 1.75 bits per heavy atom. The quantitative estimate of drug-likeness (QED) is 0.874. The Morgan fingerprint density at radius 3 is 2.42 bits per heavy atom. The van der Waals surface area contributed by atoms with Gasteiger partial charge in [-0.05, 0) is 63.1 Å². The second-order valence-electron chi connectivity index (χ2n) is 7.29. The van der Waals surface area contributed by atoms with E-state index >= 15 is 0 Å². The molecule has 1 aliphatic heterocycles. The maximum absolute atomic E-state index is 12.7. The molecule has 2 saturated carbocycles. The lowest BCUT2D eigenvalue weighted by molar-refractivity contribution is -0.117. The molecule has 1 heterocycles. The standard InChI is InChI=1S/C19H25N3O2/c23-18(13-4-5-13)21-15-8-9-17(22-10-2-1-3-11-22)16(12-15)19(24)20-14-6-7-14/h8-9,12-14H,1-7,10-11H2,(H,20,24)(H,21,23). The Hall–Kier alpha value is -2.04. The van der Waals surface area contributed by atoms with E-state index in [4.69, 9.17) is 0 Å². The number of amides is 2. The van der Waals surface area contributed by atoms with Gasteiger partial charge in [0.1, 0.15) is 0 Å². The molecular weight excluding hydrogens is 302 g/mol. The second-order valence-corrected chi connectivity index (χ2v) is 7.29. The van der Waals surface area contributed by atoms with E-state index in [-0.39, 0.29) is 17.7 Å². The average Bonchev–Trinajstić information content (AvgIpc) is 3.48. The first kappa shape index (κ1) is 15.5. The number of piperidine rings is 1. The molecule has 3 fully saturated rings. The zero-order chi connectivity index (χ0) is 16.5. The molecule has 4 rings (SSSR count). The van der Waals surface area contributed by atoms with Gasteiger partial charge in [-0.2, -0.15) is 0 Å². The van der Waals surface area contributed by atoms with E-state index in [0.717, 1.165) is 50.1 Å². The summed E-state index contributed by atoms with van der Waals surface area (Å²) in [6.07, 6.45) is 7.70. The molecule has 1 saturated heterocycles. The fraction of sp³-hybridized carbons (Fsp3) is 0.579. The maximum atomic E-state index is 12.7. The number of benzene rings is 1. The van der Waals surface area contributed by atoms with Crippen molar-refractivity contribution < 1.29 is 9.59 Å². The minimum absolute atomic E-state index is 0.0133. The molecule has 2 amide bonds. The van der Waals surface area contributed by atoms with Crippen LogP contribution >= 0.6 is 0 Å². The van der Waals surface area contributed by atoms with Gasteiger partial charge in [0.05, 0.1) is 5.56 Å². The second kappa shape index (κ2) is 6.46. The highest BCUT2D eigenvalue weighted by Crippen LogP contribution is 2.32. The van der Waals surface area contributed by atoms with Gasteiger partial charge in [0.15, 0.2) is 0 Å². The number of anilines is 2. The lowest BCUT2D eigenvalue weighted by Gasteiger charge is -2.30. The van der Waals surface area contributed by atoms with Crippen LogP contribution in [-0.4, -0.2) is 30.9 Å². The SMILES string of the molecule is O=C(NC1CC1)c1cc(NC(=O)C2CC2)ccc1N1CCCCC1. The monoisotopic (exact) mass is 327 g/mol. The highest BCUT2D eigenvalue weighted by Gasteiger charge is 2.30. The molecule has 1 aromatic carbocycles. The van der Waals surface area contributed by atoms with Crippen molar-refractivity contribution in [1.29, 1.82) is 0 Å². The number of nitrogens with one attached hydrogen (secondary N) is 2. The Bertz CT molecular complexity index is 644. The molecule has 0 bridgehead atoms. The molecule has 5 heteroatoms. The molecule has 0 aromatic heterocycles. The molecule has 0 unspecified atom stereocenters. The summed E-state index contributed by atoms with van der Waals surface area (Å²) in [6.45, 7) is 2.00. The van der Waals surface area contributed by atoms with Crippen LogP contribution in [0.5, 0.6) is 0 Å². The Balaban J connectivity index is 1.58. The van der Waals surface area contributed by atoms with Crippen LogP contribution in [0.4, 0.5) is 11.4 Å². The van der Waals surface area contributed by atoms with E-state index in [9.17, 15) is 9.59 Å². The fourth-order valence-corrected chi connectivity index (χ4v) is 3.29. The summed E-state index contributed by atoms with van der Waals surface area (Å²) in [7, 11) is 0. The summed E-state index contributed by atoms with van der Waals surface area (Å²) < 4.78 is 0. The van der Waals surface area contributed by atoms with Gasteiger partial charge < -0.3 is 15.5 Å². The summed E-state index contributed by atoms with van der Waals surface area (Å²) in [5.74, 6) is 0.227. The first-order valence-electron chi connectivity index (χ1n) is 9.21. The van der Waals surface area contributed by atoms with E-state index in [1.165, 1.54) is 19.3 Å². The van der Waals surface area contributed by atoms with Crippen molar-refractivity contribution in [3.63, 3.8) is 0 Å². The summed E-state index contributed by atoms with van der Waals surface area (Å²) >= 11 is 0. The van der Waals surface area contributed by atoms with Gasteiger partial charge in [0.25, 0.3) is 5.91 Å². The van der Waals surface area contributed by atoms with Crippen molar-refractivity contribution >= 4 is 23.2 Å². The molecule has 2 aliphatic carbocycles. The van der Waals surface area contributed by atoms with E-state index in [1.54, 1.807) is 0 Å². The van der Waals surface area contributed by atoms with Gasteiger partial charge in [-0.1, -0.05) is 0 Å². The van der Waals surface area contributed by atoms with Crippen LogP contribution in [-0.2, 0) is 4.79 Å². The van der Waals surface area contributed by atoms with Gasteiger partial charge in [-0.15, -0.1) is 0 Å². The third-order valence-corrected chi connectivity index (χ3v) is 5.07. The molecule has 3 aliphatic rings. The Labute approximate surface area is 142 Å². The minimum Gasteiger partial charge on any atom is -0.371 e. The average molecular weight is 327 g/mol. The van der Waals surface area contributed by atoms with Crippen molar-refractivity contribution in [2.24, 2.45) is 5.92 Å². The van der Waals surface area contributed by atoms with Crippen LogP contribution in [0.15, 0.2) is 18.2 Å². The normalized spacial score (nSPS) is 20.6. The zero-order valence-electron chi connectivity index (χ0n) is 14.0. The molecule has 0 spiro atoms. The predicted molar refractivity (Wildman–Crippen MR) is 94.3 cm³/mol. The highest BCUT2D eigenvalue weighted by atomic mass is 16.2. The summed E-state index contributed by atoms with van der Waals surface area (Å²) in [5, 5.41) is 6.05. The smallest absolute Gasteiger partial charge is 0.253 e. The first-order valence-corrected chi connectivity index (χ1v) is 9.21. The van der Waals surface area contributed by atoms with Crippen LogP contribution in [0.25, 0.3) is 0 Å². The van der Waals surface area contributed by atoms with Crippen molar-refractivity contribution in [3.05, 3.63) is 23.8 Å². The Kier molecular flexibility index (Phi) is 4.17. The van der Waals surface area contributed by atoms with Gasteiger partial charge in [0.2, 0.25) is 5.91 Å². The van der Waals surface area contributed by atoms with Crippen molar-refractivity contribution in [2.45, 2.75) is 51.0 Å². The Morgan fingerprint density at radius 1 is 1.00 bits per heavy atom. The maximum Gasteiger partial charge on any atom is 0.253 e. The molecule has 2 N–H and O–H groups in total. The third-order valence-electron chi connectivity index (χ3n) is 5.07. The molecule has 1 aromatic rings. The van der Waals surface area contributed by atoms with Gasteiger partial charge in [0, 0.05) is 36.4 Å². The van der Waals surface area contributed by atoms with E-state index in [1.807, 2.05) is 18.2 Å². The van der Waals surface area contributed by atoms with Crippen LogP contribution < -0.4 is 15.5 Å². The summed E-state index contributed by atoms with van der Waals surface area (Å²) in [6, 6.07) is 6.10. The van der Waals surface area contributed by atoms with Gasteiger partial charge >= 0.3 is 0 Å². The summed E-state index contributed by atoms with van der Waals surface area (Å²) in [4.78, 5) is 27.0. The zero-order valence-corrected chi connectivity index (χ0v) is 14.0. The predicted octanol–water partition coefficient (Wildman–Crippen LogP) is 2.92. The third kappa shape index (κ3) is 3.55. The van der Waals surface area contributed by atoms with E-state index in [0.29, 0.717) is 11.6 Å². The van der Waals surface area contributed by atoms with Crippen LogP contribution in [0.3, 0.4) is 0 Å². The number of rotatable bonds is 5. The van der Waals surface area contributed by atoms with Crippen molar-refractivity contribution in [1.82, 2.24) is 5.32 Å². The highest BCUT2D eigenvalue weighted by molar-refractivity contribution is 6.02. The van der Waals surface area contributed by atoms with Crippen molar-refractivity contribution in [3.8, 4) is 0 Å². The fourth-order valence-electron chi connectivity index (χ4n) is 3.29. The lowest BCUT2D eigenvalue weighted by Crippen LogP contribution is -2.33.